The van der Waals surface area contributed by atoms with E-state index in [2.05, 4.69) is 0 Å². The maximum Gasteiger partial charge on any atom is 0.283 e. The summed E-state index contributed by atoms with van der Waals surface area (Å²) >= 11 is 1.46. The van der Waals surface area contributed by atoms with Crippen LogP contribution >= 0.6 is 11.8 Å². The van der Waals surface area contributed by atoms with Crippen molar-refractivity contribution in [3.8, 4) is 0 Å². The third kappa shape index (κ3) is 3.47. The fourth-order valence-electron chi connectivity index (χ4n) is 2.23. The van der Waals surface area contributed by atoms with Crippen LogP contribution in [0.3, 0.4) is 0 Å². The Labute approximate surface area is 132 Å². The van der Waals surface area contributed by atoms with Crippen molar-refractivity contribution < 1.29 is 14.4 Å². The van der Waals surface area contributed by atoms with E-state index in [1.54, 1.807) is 12.1 Å². The summed E-state index contributed by atoms with van der Waals surface area (Å²) in [7, 11) is 0. The van der Waals surface area contributed by atoms with Crippen LogP contribution in [0.25, 0.3) is 0 Å². The molecule has 0 N–H and O–H groups in total. The molecule has 22 heavy (non-hydrogen) atoms. The van der Waals surface area contributed by atoms with Crippen molar-refractivity contribution in [2.45, 2.75) is 16.9 Å². The molecule has 0 amide bonds. The highest BCUT2D eigenvalue weighted by molar-refractivity contribution is 7.98. The number of nitrogens with zero attached hydrogens (tertiary/aromatic N) is 1. The van der Waals surface area contributed by atoms with Crippen LogP contribution in [-0.2, 0) is 15.2 Å². The fraction of sp³-hybridized carbons (Fsp3) is 0.250. The van der Waals surface area contributed by atoms with E-state index in [-0.39, 0.29) is 10.6 Å². The first-order valence-electron chi connectivity index (χ1n) is 6.92. The van der Waals surface area contributed by atoms with E-state index >= 15 is 0 Å². The van der Waals surface area contributed by atoms with Gasteiger partial charge in [-0.2, -0.15) is 0 Å². The Morgan fingerprint density at radius 2 is 1.86 bits per heavy atom. The lowest BCUT2D eigenvalue weighted by Crippen LogP contribution is -2.00. The average molecular weight is 317 g/mol. The molecule has 1 aliphatic heterocycles. The first kappa shape index (κ1) is 15.0. The Bertz CT molecular complexity index is 656. The molecular formula is C16H15NO4S. The van der Waals surface area contributed by atoms with Crippen LogP contribution in [0.15, 0.2) is 53.4 Å². The summed E-state index contributed by atoms with van der Waals surface area (Å²) in [5.41, 5.74) is 1.92. The standard InChI is InChI=1S/C16H15NO4S/c18-17(19)14-10-13(16-20-8-9-21-16)6-7-15(14)22-11-12-4-2-1-3-5-12/h1-7,10,16H,8-9,11H2. The monoisotopic (exact) mass is 317 g/mol. The number of nitro groups is 1. The molecule has 114 valence electrons. The third-order valence-corrected chi connectivity index (χ3v) is 4.44. The van der Waals surface area contributed by atoms with Crippen LogP contribution in [0.1, 0.15) is 17.4 Å². The molecule has 2 aromatic rings. The van der Waals surface area contributed by atoms with E-state index in [4.69, 9.17) is 9.47 Å². The molecule has 6 heteroatoms. The van der Waals surface area contributed by atoms with Gasteiger partial charge in [0.2, 0.25) is 0 Å². The number of ether oxygens (including phenoxy) is 2. The van der Waals surface area contributed by atoms with Gasteiger partial charge in [0.25, 0.3) is 5.69 Å². The highest BCUT2D eigenvalue weighted by Gasteiger charge is 2.23. The van der Waals surface area contributed by atoms with E-state index in [9.17, 15) is 10.1 Å². The minimum Gasteiger partial charge on any atom is -0.346 e. The second-order valence-corrected chi connectivity index (χ2v) is 5.85. The Morgan fingerprint density at radius 3 is 2.55 bits per heavy atom. The summed E-state index contributed by atoms with van der Waals surface area (Å²) < 4.78 is 10.8. The minimum atomic E-state index is -0.494. The molecule has 1 heterocycles. The van der Waals surface area contributed by atoms with Crippen molar-refractivity contribution in [1.82, 2.24) is 0 Å². The number of thioether (sulfide) groups is 1. The van der Waals surface area contributed by atoms with E-state index < -0.39 is 6.29 Å². The SMILES string of the molecule is O=[N+]([O-])c1cc(C2OCCO2)ccc1SCc1ccccc1. The maximum atomic E-state index is 11.3. The van der Waals surface area contributed by atoms with E-state index in [0.29, 0.717) is 29.4 Å². The fourth-order valence-corrected chi connectivity index (χ4v) is 3.19. The van der Waals surface area contributed by atoms with Gasteiger partial charge in [0.05, 0.1) is 23.0 Å². The van der Waals surface area contributed by atoms with Crippen LogP contribution in [-0.4, -0.2) is 18.1 Å². The van der Waals surface area contributed by atoms with Crippen molar-refractivity contribution in [3.63, 3.8) is 0 Å². The Balaban J connectivity index is 1.79. The third-order valence-electron chi connectivity index (χ3n) is 3.31. The van der Waals surface area contributed by atoms with Gasteiger partial charge >= 0.3 is 0 Å². The van der Waals surface area contributed by atoms with Gasteiger partial charge in [-0.25, -0.2) is 0 Å². The minimum absolute atomic E-state index is 0.0949. The first-order valence-corrected chi connectivity index (χ1v) is 7.91. The summed E-state index contributed by atoms with van der Waals surface area (Å²) in [6.45, 7) is 1.03. The normalized spacial score (nSPS) is 15.1. The number of nitro benzene ring substituents is 1. The largest absolute Gasteiger partial charge is 0.346 e. The molecule has 3 rings (SSSR count). The summed E-state index contributed by atoms with van der Waals surface area (Å²) in [5, 5.41) is 11.3. The molecule has 0 saturated carbocycles. The van der Waals surface area contributed by atoms with Crippen molar-refractivity contribution in [3.05, 3.63) is 69.8 Å². The zero-order valence-corrected chi connectivity index (χ0v) is 12.6. The van der Waals surface area contributed by atoms with Gasteiger partial charge in [0, 0.05) is 17.4 Å². The zero-order chi connectivity index (χ0) is 15.4. The molecule has 0 atom stereocenters. The molecule has 0 aliphatic carbocycles. The van der Waals surface area contributed by atoms with Gasteiger partial charge in [-0.1, -0.05) is 36.4 Å². The molecule has 1 aliphatic rings. The van der Waals surface area contributed by atoms with Gasteiger partial charge in [-0.15, -0.1) is 11.8 Å². The zero-order valence-electron chi connectivity index (χ0n) is 11.8. The number of rotatable bonds is 5. The quantitative estimate of drug-likeness (QED) is 0.475. The highest BCUT2D eigenvalue weighted by atomic mass is 32.2. The Morgan fingerprint density at radius 1 is 1.14 bits per heavy atom. The number of benzene rings is 2. The van der Waals surface area contributed by atoms with Gasteiger partial charge < -0.3 is 9.47 Å². The molecule has 1 fully saturated rings. The summed E-state index contributed by atoms with van der Waals surface area (Å²) in [5.74, 6) is 0.692. The maximum absolute atomic E-state index is 11.3. The predicted octanol–water partition coefficient (Wildman–Crippen LogP) is 3.93. The Kier molecular flexibility index (Phi) is 4.72. The molecule has 0 radical (unpaired) electrons. The van der Waals surface area contributed by atoms with Crippen LogP contribution in [0.5, 0.6) is 0 Å². The first-order chi connectivity index (χ1) is 10.7. The van der Waals surface area contributed by atoms with Crippen molar-refractivity contribution in [2.75, 3.05) is 13.2 Å². The van der Waals surface area contributed by atoms with Crippen LogP contribution in [0.4, 0.5) is 5.69 Å². The smallest absolute Gasteiger partial charge is 0.283 e. The molecular weight excluding hydrogens is 302 g/mol. The summed E-state index contributed by atoms with van der Waals surface area (Å²) in [6, 6.07) is 15.0. The van der Waals surface area contributed by atoms with Gasteiger partial charge in [-0.05, 0) is 11.6 Å². The number of hydrogen-bond acceptors (Lipinski definition) is 5. The molecule has 0 spiro atoms. The van der Waals surface area contributed by atoms with Crippen LogP contribution < -0.4 is 0 Å². The van der Waals surface area contributed by atoms with E-state index in [1.807, 2.05) is 36.4 Å². The molecule has 1 saturated heterocycles. The lowest BCUT2D eigenvalue weighted by atomic mass is 10.2. The van der Waals surface area contributed by atoms with Crippen LogP contribution in [0.2, 0.25) is 0 Å². The lowest BCUT2D eigenvalue weighted by molar-refractivity contribution is -0.387. The predicted molar refractivity (Wildman–Crippen MR) is 83.7 cm³/mol. The van der Waals surface area contributed by atoms with Crippen LogP contribution in [0, 0.1) is 10.1 Å². The molecule has 0 unspecified atom stereocenters. The molecule has 2 aromatic carbocycles. The van der Waals surface area contributed by atoms with E-state index in [1.165, 1.54) is 11.8 Å². The second-order valence-electron chi connectivity index (χ2n) is 4.83. The van der Waals surface area contributed by atoms with Crippen molar-refractivity contribution in [1.29, 1.82) is 0 Å². The van der Waals surface area contributed by atoms with Gasteiger partial charge in [0.15, 0.2) is 6.29 Å². The second kappa shape index (κ2) is 6.91. The molecule has 5 nitrogen and oxygen atoms in total. The van der Waals surface area contributed by atoms with Gasteiger partial charge in [-0.3, -0.25) is 10.1 Å². The summed E-state index contributed by atoms with van der Waals surface area (Å²) in [4.78, 5) is 11.6. The summed E-state index contributed by atoms with van der Waals surface area (Å²) in [6.07, 6.45) is -0.494. The Hall–Kier alpha value is -1.89. The van der Waals surface area contributed by atoms with E-state index in [0.717, 1.165) is 5.56 Å². The van der Waals surface area contributed by atoms with Crippen molar-refractivity contribution in [2.24, 2.45) is 0 Å². The topological polar surface area (TPSA) is 61.6 Å². The molecule has 0 aromatic heterocycles. The lowest BCUT2D eigenvalue weighted by Gasteiger charge is -2.10. The van der Waals surface area contributed by atoms with Crippen molar-refractivity contribution >= 4 is 17.4 Å². The highest BCUT2D eigenvalue weighted by Crippen LogP contribution is 2.35. The van der Waals surface area contributed by atoms with Gasteiger partial charge in [0.1, 0.15) is 0 Å². The average Bonchev–Trinajstić information content (AvgIpc) is 3.08. The number of hydrogen-bond donors (Lipinski definition) is 0. The molecule has 0 bridgehead atoms.